The lowest BCUT2D eigenvalue weighted by molar-refractivity contribution is -0.133. The summed E-state index contributed by atoms with van der Waals surface area (Å²) >= 11 is 1.64. The van der Waals surface area contributed by atoms with Crippen LogP contribution in [-0.2, 0) is 4.79 Å². The highest BCUT2D eigenvalue weighted by atomic mass is 32.2. The van der Waals surface area contributed by atoms with Crippen LogP contribution < -0.4 is 5.32 Å². The van der Waals surface area contributed by atoms with Gasteiger partial charge in [-0.15, -0.1) is 0 Å². The minimum absolute atomic E-state index is 0.0986. The molecule has 0 aromatic carbocycles. The van der Waals surface area contributed by atoms with Gasteiger partial charge in [-0.05, 0) is 45.5 Å². The van der Waals surface area contributed by atoms with E-state index in [9.17, 15) is 4.79 Å². The third-order valence-corrected chi connectivity index (χ3v) is 4.11. The van der Waals surface area contributed by atoms with Crippen LogP contribution in [0.25, 0.3) is 0 Å². The molecule has 3 nitrogen and oxygen atoms in total. The van der Waals surface area contributed by atoms with Crippen LogP contribution in [0.4, 0.5) is 0 Å². The lowest BCUT2D eigenvalue weighted by Gasteiger charge is -2.35. The largest absolute Gasteiger partial charge is 0.339 e. The summed E-state index contributed by atoms with van der Waals surface area (Å²) in [6, 6.07) is 0.461. The molecule has 1 fully saturated rings. The number of thioether (sulfide) groups is 1. The summed E-state index contributed by atoms with van der Waals surface area (Å²) in [5.41, 5.74) is 0. The van der Waals surface area contributed by atoms with Gasteiger partial charge in [0.25, 0.3) is 0 Å². The van der Waals surface area contributed by atoms with Crippen LogP contribution in [0.3, 0.4) is 0 Å². The van der Waals surface area contributed by atoms with E-state index in [1.54, 1.807) is 11.8 Å². The summed E-state index contributed by atoms with van der Waals surface area (Å²) < 4.78 is 0. The quantitative estimate of drug-likeness (QED) is 0.799. The molecule has 0 bridgehead atoms. The minimum atomic E-state index is 0.0986. The summed E-state index contributed by atoms with van der Waals surface area (Å²) in [7, 11) is 0. The molecule has 94 valence electrons. The van der Waals surface area contributed by atoms with Crippen LogP contribution in [-0.4, -0.2) is 48.0 Å². The van der Waals surface area contributed by atoms with E-state index in [-0.39, 0.29) is 5.25 Å². The van der Waals surface area contributed by atoms with Crippen molar-refractivity contribution in [3.8, 4) is 0 Å². The molecule has 1 rings (SSSR count). The van der Waals surface area contributed by atoms with E-state index in [4.69, 9.17) is 0 Å². The van der Waals surface area contributed by atoms with E-state index >= 15 is 0 Å². The highest BCUT2D eigenvalue weighted by Crippen LogP contribution is 2.17. The predicted molar refractivity (Wildman–Crippen MR) is 70.9 cm³/mol. The van der Waals surface area contributed by atoms with Crippen molar-refractivity contribution < 1.29 is 4.79 Å². The lowest BCUT2D eigenvalue weighted by atomic mass is 10.0. The van der Waals surface area contributed by atoms with Gasteiger partial charge in [0.1, 0.15) is 0 Å². The Morgan fingerprint density at radius 1 is 1.50 bits per heavy atom. The number of rotatable bonds is 5. The van der Waals surface area contributed by atoms with E-state index in [1.807, 2.05) is 13.2 Å². The molecule has 4 heteroatoms. The molecule has 1 heterocycles. The van der Waals surface area contributed by atoms with Crippen LogP contribution >= 0.6 is 11.8 Å². The molecule has 0 saturated carbocycles. The zero-order valence-corrected chi connectivity index (χ0v) is 11.5. The van der Waals surface area contributed by atoms with Crippen LogP contribution in [0.5, 0.6) is 0 Å². The SMILES string of the molecule is CCCN(C(=O)C(C)SC)C1CCNCC1. The minimum Gasteiger partial charge on any atom is -0.339 e. The van der Waals surface area contributed by atoms with Crippen LogP contribution in [0.1, 0.15) is 33.1 Å². The highest BCUT2D eigenvalue weighted by Gasteiger charge is 2.27. The van der Waals surface area contributed by atoms with E-state index in [0.717, 1.165) is 38.9 Å². The number of nitrogens with one attached hydrogen (secondary N) is 1. The molecule has 0 aromatic rings. The number of amides is 1. The summed E-state index contributed by atoms with van der Waals surface area (Å²) in [5.74, 6) is 0.321. The Bertz CT molecular complexity index is 217. The molecule has 1 unspecified atom stereocenters. The molecule has 16 heavy (non-hydrogen) atoms. The maximum absolute atomic E-state index is 12.2. The van der Waals surface area contributed by atoms with Crippen LogP contribution in [0.15, 0.2) is 0 Å². The molecule has 1 amide bonds. The fourth-order valence-electron chi connectivity index (χ4n) is 2.17. The van der Waals surface area contributed by atoms with Crippen molar-refractivity contribution in [2.75, 3.05) is 25.9 Å². The number of carbonyl (C=O) groups excluding carboxylic acids is 1. The van der Waals surface area contributed by atoms with Gasteiger partial charge in [0.2, 0.25) is 5.91 Å². The number of piperidine rings is 1. The van der Waals surface area contributed by atoms with Crippen LogP contribution in [0, 0.1) is 0 Å². The van der Waals surface area contributed by atoms with Gasteiger partial charge in [-0.1, -0.05) is 6.92 Å². The average Bonchev–Trinajstić information content (AvgIpc) is 2.35. The Morgan fingerprint density at radius 3 is 2.62 bits per heavy atom. The second kappa shape index (κ2) is 7.17. The monoisotopic (exact) mass is 244 g/mol. The molecule has 0 spiro atoms. The van der Waals surface area contributed by atoms with Gasteiger partial charge in [-0.3, -0.25) is 4.79 Å². The van der Waals surface area contributed by atoms with Crippen molar-refractivity contribution in [1.29, 1.82) is 0 Å². The zero-order valence-electron chi connectivity index (χ0n) is 10.7. The van der Waals surface area contributed by atoms with Gasteiger partial charge in [0, 0.05) is 12.6 Å². The Balaban J connectivity index is 2.60. The Labute approximate surface area is 103 Å². The third-order valence-electron chi connectivity index (χ3n) is 3.20. The normalized spacial score (nSPS) is 19.4. The van der Waals surface area contributed by atoms with Gasteiger partial charge in [-0.2, -0.15) is 11.8 Å². The van der Waals surface area contributed by atoms with Crippen molar-refractivity contribution in [3.05, 3.63) is 0 Å². The maximum Gasteiger partial charge on any atom is 0.235 e. The van der Waals surface area contributed by atoms with E-state index in [1.165, 1.54) is 0 Å². The average molecular weight is 244 g/mol. The van der Waals surface area contributed by atoms with E-state index in [0.29, 0.717) is 11.9 Å². The highest BCUT2D eigenvalue weighted by molar-refractivity contribution is 7.99. The molecule has 0 radical (unpaired) electrons. The number of hydrogen-bond acceptors (Lipinski definition) is 3. The first-order valence-electron chi connectivity index (χ1n) is 6.24. The second-order valence-electron chi connectivity index (χ2n) is 4.39. The van der Waals surface area contributed by atoms with Gasteiger partial charge in [0.05, 0.1) is 5.25 Å². The fourth-order valence-corrected chi connectivity index (χ4v) is 2.50. The van der Waals surface area contributed by atoms with Gasteiger partial charge in [0.15, 0.2) is 0 Å². The smallest absolute Gasteiger partial charge is 0.235 e. The van der Waals surface area contributed by atoms with Crippen LogP contribution in [0.2, 0.25) is 0 Å². The second-order valence-corrected chi connectivity index (χ2v) is 5.57. The zero-order chi connectivity index (χ0) is 12.0. The Hall–Kier alpha value is -0.220. The fraction of sp³-hybridized carbons (Fsp3) is 0.917. The molecule has 0 aromatic heterocycles. The van der Waals surface area contributed by atoms with Crippen molar-refractivity contribution in [2.45, 2.75) is 44.4 Å². The Morgan fingerprint density at radius 2 is 2.12 bits per heavy atom. The number of nitrogens with zero attached hydrogens (tertiary/aromatic N) is 1. The van der Waals surface area contributed by atoms with E-state index < -0.39 is 0 Å². The summed E-state index contributed by atoms with van der Waals surface area (Å²) in [6.07, 6.45) is 5.27. The summed E-state index contributed by atoms with van der Waals surface area (Å²) in [5, 5.41) is 3.45. The standard InChI is InChI=1S/C12H24N2OS/c1-4-9-14(12(15)10(2)16-3)11-5-7-13-8-6-11/h10-11,13H,4-9H2,1-3H3. The Kier molecular flexibility index (Phi) is 6.21. The first-order chi connectivity index (χ1) is 7.70. The molecule has 1 atom stereocenters. The van der Waals surface area contributed by atoms with Gasteiger partial charge < -0.3 is 10.2 Å². The molecule has 1 N–H and O–H groups in total. The van der Waals surface area contributed by atoms with E-state index in [2.05, 4.69) is 17.1 Å². The topological polar surface area (TPSA) is 32.3 Å². The molecule has 0 aliphatic carbocycles. The molecular formula is C12H24N2OS. The van der Waals surface area contributed by atoms with Crippen molar-refractivity contribution in [3.63, 3.8) is 0 Å². The van der Waals surface area contributed by atoms with Gasteiger partial charge >= 0.3 is 0 Å². The summed E-state index contributed by atoms with van der Waals surface area (Å²) in [4.78, 5) is 14.4. The van der Waals surface area contributed by atoms with Crippen molar-refractivity contribution >= 4 is 17.7 Å². The number of hydrogen-bond donors (Lipinski definition) is 1. The molecule has 1 saturated heterocycles. The first-order valence-corrected chi connectivity index (χ1v) is 7.53. The first kappa shape index (κ1) is 13.8. The predicted octanol–water partition coefficient (Wildman–Crippen LogP) is 1.73. The van der Waals surface area contributed by atoms with Crippen molar-refractivity contribution in [1.82, 2.24) is 10.2 Å². The third kappa shape index (κ3) is 3.67. The molecular weight excluding hydrogens is 220 g/mol. The lowest BCUT2D eigenvalue weighted by Crippen LogP contribution is -2.48. The van der Waals surface area contributed by atoms with Gasteiger partial charge in [-0.25, -0.2) is 0 Å². The molecule has 1 aliphatic rings. The maximum atomic E-state index is 12.2. The summed E-state index contributed by atoms with van der Waals surface area (Å²) in [6.45, 7) is 7.16. The van der Waals surface area contributed by atoms with Crippen molar-refractivity contribution in [2.24, 2.45) is 0 Å². The molecule has 1 aliphatic heterocycles. The number of carbonyl (C=O) groups is 1.